The second-order valence-electron chi connectivity index (χ2n) is 2.78. The Bertz CT molecular complexity index is 409. The Morgan fingerprint density at radius 2 is 2.27 bits per heavy atom. The van der Waals surface area contributed by atoms with Crippen LogP contribution in [-0.2, 0) is 0 Å². The summed E-state index contributed by atoms with van der Waals surface area (Å²) in [5.74, 6) is -1.13. The lowest BCUT2D eigenvalue weighted by Crippen LogP contribution is -2.35. The lowest BCUT2D eigenvalue weighted by atomic mass is 10.0. The lowest BCUT2D eigenvalue weighted by Gasteiger charge is -2.21. The molecule has 1 rings (SSSR count). The molecule has 1 unspecified atom stereocenters. The zero-order valence-corrected chi connectivity index (χ0v) is 10.1. The fourth-order valence-corrected chi connectivity index (χ4v) is 2.07. The summed E-state index contributed by atoms with van der Waals surface area (Å²) in [6, 6.07) is 0. The average Bonchev–Trinajstić information content (AvgIpc) is 2.10. The number of allylic oxidation sites excluding steroid dienone is 2. The highest BCUT2D eigenvalue weighted by molar-refractivity contribution is 7.83. The van der Waals surface area contributed by atoms with Crippen LogP contribution in [0.1, 0.15) is 6.42 Å². The minimum Gasteiger partial charge on any atom is -0.262 e. The van der Waals surface area contributed by atoms with Crippen LogP contribution in [0.2, 0.25) is 0 Å². The number of hydrogen-bond donors (Lipinski definition) is 0. The zero-order chi connectivity index (χ0) is 11.8. The maximum atomic E-state index is 13.3. The van der Waals surface area contributed by atoms with E-state index in [1.54, 1.807) is 0 Å². The fourth-order valence-electron chi connectivity index (χ4n) is 1.02. The van der Waals surface area contributed by atoms with Gasteiger partial charge in [-0.15, -0.1) is 0 Å². The highest BCUT2D eigenvalue weighted by Gasteiger charge is 2.49. The summed E-state index contributed by atoms with van der Waals surface area (Å²) in [4.78, 5) is 7.26. The summed E-state index contributed by atoms with van der Waals surface area (Å²) in [6.07, 6.45) is 0.310. The Balaban J connectivity index is 3.21. The summed E-state index contributed by atoms with van der Waals surface area (Å²) in [7, 11) is 0. The number of hydrogen-bond acceptors (Lipinski definition) is 3. The van der Waals surface area contributed by atoms with E-state index in [9.17, 15) is 14.5 Å². The third-order valence-corrected chi connectivity index (χ3v) is 3.03. The predicted octanol–water partition coefficient (Wildman–Crippen LogP) is 3.51. The van der Waals surface area contributed by atoms with Gasteiger partial charge >= 0.3 is 5.00 Å². The molecule has 0 amide bonds. The fraction of sp³-hybridized carbons (Fsp3) is 0.286. The van der Waals surface area contributed by atoms with Crippen molar-refractivity contribution in [3.05, 3.63) is 32.6 Å². The summed E-state index contributed by atoms with van der Waals surface area (Å²) < 4.78 is 13.2. The summed E-state index contributed by atoms with van der Waals surface area (Å²) >= 11 is 21.2. The third kappa shape index (κ3) is 2.30. The number of thiocarbonyl (C=S) groups is 1. The van der Waals surface area contributed by atoms with E-state index in [2.05, 4.69) is 12.2 Å². The van der Waals surface area contributed by atoms with E-state index in [4.69, 9.17) is 34.8 Å². The molecule has 0 aromatic carbocycles. The molecule has 0 aromatic rings. The van der Waals surface area contributed by atoms with Gasteiger partial charge < -0.3 is 0 Å². The van der Waals surface area contributed by atoms with Crippen LogP contribution < -0.4 is 0 Å². The molecule has 1 aliphatic carbocycles. The highest BCUT2D eigenvalue weighted by Crippen LogP contribution is 2.41. The number of nitro groups is 1. The standard InChI is InChI=1S/C7H3Cl3FNO2S/c8-4-2-7(10,12(13)14)5(11)1-3(4)6(9)15/h1H,2H2. The van der Waals surface area contributed by atoms with Crippen LogP contribution in [0.4, 0.5) is 4.39 Å². The van der Waals surface area contributed by atoms with E-state index >= 15 is 0 Å². The van der Waals surface area contributed by atoms with Crippen LogP contribution in [0.15, 0.2) is 22.5 Å². The first-order valence-electron chi connectivity index (χ1n) is 3.58. The molecule has 0 aromatic heterocycles. The molecule has 0 spiro atoms. The van der Waals surface area contributed by atoms with Crippen LogP contribution in [-0.4, -0.2) is 14.2 Å². The van der Waals surface area contributed by atoms with E-state index in [0.717, 1.165) is 6.08 Å². The molecule has 1 aliphatic rings. The Hall–Kier alpha value is -0.230. The summed E-state index contributed by atoms with van der Waals surface area (Å²) in [6.45, 7) is 0. The number of alkyl halides is 1. The van der Waals surface area contributed by atoms with Crippen molar-refractivity contribution in [3.63, 3.8) is 0 Å². The molecular formula is C7H3Cl3FNO2S. The van der Waals surface area contributed by atoms with E-state index in [-0.39, 0.29) is 14.9 Å². The molecule has 3 nitrogen and oxygen atoms in total. The first-order chi connectivity index (χ1) is 6.79. The van der Waals surface area contributed by atoms with Gasteiger partial charge in [0.05, 0.1) is 11.3 Å². The van der Waals surface area contributed by atoms with Gasteiger partial charge in [0.25, 0.3) is 0 Å². The Kier molecular flexibility index (Phi) is 3.71. The molecule has 0 radical (unpaired) electrons. The van der Waals surface area contributed by atoms with Crippen molar-refractivity contribution in [3.8, 4) is 0 Å². The molecule has 0 heterocycles. The third-order valence-electron chi connectivity index (χ3n) is 1.82. The van der Waals surface area contributed by atoms with Crippen LogP contribution in [0, 0.1) is 10.1 Å². The molecule has 0 fully saturated rings. The predicted molar refractivity (Wildman–Crippen MR) is 60.7 cm³/mol. The Labute approximate surface area is 105 Å². The van der Waals surface area contributed by atoms with Crippen molar-refractivity contribution >= 4 is 51.3 Å². The maximum Gasteiger partial charge on any atom is 0.350 e. The van der Waals surface area contributed by atoms with Crippen molar-refractivity contribution in [1.29, 1.82) is 0 Å². The van der Waals surface area contributed by atoms with Gasteiger partial charge in [0.2, 0.25) is 0 Å². The Morgan fingerprint density at radius 1 is 1.73 bits per heavy atom. The van der Waals surface area contributed by atoms with Crippen LogP contribution in [0.5, 0.6) is 0 Å². The second-order valence-corrected chi connectivity index (χ2v) is 4.87. The molecule has 82 valence electrons. The van der Waals surface area contributed by atoms with Gasteiger partial charge in [0.1, 0.15) is 4.32 Å². The quantitative estimate of drug-likeness (QED) is 0.195. The molecule has 15 heavy (non-hydrogen) atoms. The largest absolute Gasteiger partial charge is 0.350 e. The first kappa shape index (κ1) is 12.8. The minimum atomic E-state index is -2.34. The lowest BCUT2D eigenvalue weighted by molar-refractivity contribution is -0.533. The van der Waals surface area contributed by atoms with Crippen molar-refractivity contribution < 1.29 is 9.31 Å². The maximum absolute atomic E-state index is 13.3. The van der Waals surface area contributed by atoms with E-state index in [0.29, 0.717) is 0 Å². The highest BCUT2D eigenvalue weighted by atomic mass is 35.5. The van der Waals surface area contributed by atoms with Gasteiger partial charge in [-0.2, -0.15) is 0 Å². The molecule has 0 saturated carbocycles. The van der Waals surface area contributed by atoms with Gasteiger partial charge in [0.15, 0.2) is 5.83 Å². The molecular weight excluding hydrogens is 288 g/mol. The van der Waals surface area contributed by atoms with E-state index in [1.807, 2.05) is 0 Å². The van der Waals surface area contributed by atoms with Crippen molar-refractivity contribution in [2.24, 2.45) is 0 Å². The topological polar surface area (TPSA) is 43.1 Å². The average molecular weight is 291 g/mol. The molecule has 8 heteroatoms. The second kappa shape index (κ2) is 4.33. The number of nitrogens with zero attached hydrogens (tertiary/aromatic N) is 1. The van der Waals surface area contributed by atoms with Gasteiger partial charge in [-0.1, -0.05) is 35.4 Å². The van der Waals surface area contributed by atoms with Crippen LogP contribution >= 0.6 is 47.0 Å². The summed E-state index contributed by atoms with van der Waals surface area (Å²) in [5.41, 5.74) is 0.0592. The van der Waals surface area contributed by atoms with Crippen LogP contribution in [0.25, 0.3) is 0 Å². The van der Waals surface area contributed by atoms with Crippen LogP contribution in [0.3, 0.4) is 0 Å². The smallest absolute Gasteiger partial charge is 0.262 e. The molecule has 1 atom stereocenters. The normalized spacial score (nSPS) is 26.3. The zero-order valence-electron chi connectivity index (χ0n) is 6.97. The summed E-state index contributed by atoms with van der Waals surface area (Å²) in [5, 5.41) is 10.5. The van der Waals surface area contributed by atoms with Gasteiger partial charge in [-0.3, -0.25) is 10.1 Å². The molecule has 0 saturated heterocycles. The SMILES string of the molecule is O=[N+]([O-])C1(Cl)CC(Cl)=C(C(=S)Cl)C=C1F. The Morgan fingerprint density at radius 3 is 2.67 bits per heavy atom. The van der Waals surface area contributed by atoms with Crippen molar-refractivity contribution in [2.45, 2.75) is 11.4 Å². The van der Waals surface area contributed by atoms with E-state index in [1.165, 1.54) is 0 Å². The monoisotopic (exact) mass is 289 g/mol. The molecule has 0 aliphatic heterocycles. The van der Waals surface area contributed by atoms with Crippen molar-refractivity contribution in [2.75, 3.05) is 0 Å². The minimum absolute atomic E-state index is 0.0249. The van der Waals surface area contributed by atoms with Gasteiger partial charge in [-0.25, -0.2) is 4.39 Å². The van der Waals surface area contributed by atoms with E-state index < -0.39 is 22.2 Å². The van der Waals surface area contributed by atoms with Gasteiger partial charge in [0, 0.05) is 10.6 Å². The van der Waals surface area contributed by atoms with Crippen molar-refractivity contribution in [1.82, 2.24) is 0 Å². The van der Waals surface area contributed by atoms with Gasteiger partial charge in [-0.05, 0) is 17.7 Å². The number of rotatable bonds is 2. The molecule has 0 N–H and O–H groups in total. The first-order valence-corrected chi connectivity index (χ1v) is 5.13. The number of halogens is 4. The molecule has 0 bridgehead atoms.